The van der Waals surface area contributed by atoms with E-state index in [-0.39, 0.29) is 17.2 Å². The second-order valence-corrected chi connectivity index (χ2v) is 5.18. The number of nitrogens with one attached hydrogen (secondary N) is 2. The number of hydrogen-bond acceptors (Lipinski definition) is 5. The lowest BCUT2D eigenvalue weighted by Gasteiger charge is -2.10. The van der Waals surface area contributed by atoms with E-state index in [0.29, 0.717) is 11.4 Å². The Bertz CT molecular complexity index is 912. The topological polar surface area (TPSA) is 76.1 Å². The van der Waals surface area contributed by atoms with E-state index in [1.54, 1.807) is 24.3 Å². The maximum Gasteiger partial charge on any atom is 0.276 e. The number of amides is 1. The van der Waals surface area contributed by atoms with Gasteiger partial charge in [-0.3, -0.25) is 4.79 Å². The van der Waals surface area contributed by atoms with Crippen LogP contribution in [0, 0.1) is 11.6 Å². The largest absolute Gasteiger partial charge is 0.495 e. The summed E-state index contributed by atoms with van der Waals surface area (Å²) in [7, 11) is 1.49. The first-order valence-corrected chi connectivity index (χ1v) is 7.57. The van der Waals surface area contributed by atoms with E-state index in [1.165, 1.54) is 25.3 Å². The SMILES string of the molecule is COc1ccccc1NC(=O)c1ccc(Nc2c(F)cccc2F)nn1. The van der Waals surface area contributed by atoms with Gasteiger partial charge in [-0.25, -0.2) is 8.78 Å². The minimum atomic E-state index is -0.759. The Labute approximate surface area is 147 Å². The highest BCUT2D eigenvalue weighted by molar-refractivity contribution is 6.03. The first-order valence-electron chi connectivity index (χ1n) is 7.57. The van der Waals surface area contributed by atoms with E-state index in [0.717, 1.165) is 12.1 Å². The lowest BCUT2D eigenvalue weighted by molar-refractivity contribution is 0.102. The van der Waals surface area contributed by atoms with Gasteiger partial charge in [0.2, 0.25) is 0 Å². The van der Waals surface area contributed by atoms with Gasteiger partial charge in [0, 0.05) is 0 Å². The van der Waals surface area contributed by atoms with Crippen molar-refractivity contribution < 1.29 is 18.3 Å². The maximum atomic E-state index is 13.6. The second kappa shape index (κ2) is 7.56. The average Bonchev–Trinajstić information content (AvgIpc) is 2.66. The Morgan fingerprint density at radius 3 is 2.35 bits per heavy atom. The van der Waals surface area contributed by atoms with Crippen molar-refractivity contribution in [1.82, 2.24) is 10.2 Å². The van der Waals surface area contributed by atoms with Crippen molar-refractivity contribution in [3.05, 3.63) is 71.9 Å². The summed E-state index contributed by atoms with van der Waals surface area (Å²) in [4.78, 5) is 12.3. The van der Waals surface area contributed by atoms with Gasteiger partial charge in [0.15, 0.2) is 11.5 Å². The van der Waals surface area contributed by atoms with Crippen LogP contribution in [-0.4, -0.2) is 23.2 Å². The summed E-state index contributed by atoms with van der Waals surface area (Å²) >= 11 is 0. The van der Waals surface area contributed by atoms with Crippen molar-refractivity contribution in [2.24, 2.45) is 0 Å². The lowest BCUT2D eigenvalue weighted by atomic mass is 10.2. The molecule has 1 aromatic heterocycles. The second-order valence-electron chi connectivity index (χ2n) is 5.18. The lowest BCUT2D eigenvalue weighted by Crippen LogP contribution is -2.15. The normalized spacial score (nSPS) is 10.3. The summed E-state index contributed by atoms with van der Waals surface area (Å²) in [6, 6.07) is 13.2. The maximum absolute atomic E-state index is 13.6. The Balaban J connectivity index is 1.74. The van der Waals surface area contributed by atoms with E-state index >= 15 is 0 Å². The van der Waals surface area contributed by atoms with Gasteiger partial charge >= 0.3 is 0 Å². The third-order valence-corrected chi connectivity index (χ3v) is 3.47. The summed E-state index contributed by atoms with van der Waals surface area (Å²) in [5, 5.41) is 12.7. The van der Waals surface area contributed by atoms with E-state index < -0.39 is 17.5 Å². The van der Waals surface area contributed by atoms with Crippen LogP contribution >= 0.6 is 0 Å². The van der Waals surface area contributed by atoms with E-state index in [4.69, 9.17) is 4.74 Å². The molecule has 1 heterocycles. The zero-order valence-electron chi connectivity index (χ0n) is 13.7. The molecule has 2 N–H and O–H groups in total. The number of methoxy groups -OCH3 is 1. The molecule has 0 saturated heterocycles. The highest BCUT2D eigenvalue weighted by Crippen LogP contribution is 2.24. The molecule has 6 nitrogen and oxygen atoms in total. The van der Waals surface area contributed by atoms with Gasteiger partial charge in [-0.15, -0.1) is 10.2 Å². The number of anilines is 3. The van der Waals surface area contributed by atoms with Crippen molar-refractivity contribution in [3.63, 3.8) is 0 Å². The number of nitrogens with zero attached hydrogens (tertiary/aromatic N) is 2. The fourth-order valence-corrected chi connectivity index (χ4v) is 2.20. The fraction of sp³-hybridized carbons (Fsp3) is 0.0556. The Morgan fingerprint density at radius 1 is 0.962 bits per heavy atom. The van der Waals surface area contributed by atoms with Crippen molar-refractivity contribution >= 4 is 23.1 Å². The predicted molar refractivity (Wildman–Crippen MR) is 92.6 cm³/mol. The molecule has 0 atom stereocenters. The molecule has 132 valence electrons. The smallest absolute Gasteiger partial charge is 0.276 e. The van der Waals surface area contributed by atoms with Crippen molar-refractivity contribution in [2.75, 3.05) is 17.7 Å². The number of aromatic nitrogens is 2. The van der Waals surface area contributed by atoms with Crippen molar-refractivity contribution in [1.29, 1.82) is 0 Å². The van der Waals surface area contributed by atoms with Crippen LogP contribution in [0.15, 0.2) is 54.6 Å². The molecule has 3 aromatic rings. The van der Waals surface area contributed by atoms with Crippen LogP contribution < -0.4 is 15.4 Å². The fourth-order valence-electron chi connectivity index (χ4n) is 2.20. The average molecular weight is 356 g/mol. The molecule has 0 fully saturated rings. The van der Waals surface area contributed by atoms with E-state index in [2.05, 4.69) is 20.8 Å². The molecule has 0 unspecified atom stereocenters. The molecule has 0 aliphatic carbocycles. The summed E-state index contributed by atoms with van der Waals surface area (Å²) in [5.74, 6) is -1.41. The van der Waals surface area contributed by atoms with Gasteiger partial charge in [-0.2, -0.15) is 0 Å². The number of carbonyl (C=O) groups is 1. The molecule has 0 aliphatic rings. The zero-order valence-corrected chi connectivity index (χ0v) is 13.7. The third-order valence-electron chi connectivity index (χ3n) is 3.47. The zero-order chi connectivity index (χ0) is 18.5. The van der Waals surface area contributed by atoms with Crippen LogP contribution in [0.5, 0.6) is 5.75 Å². The van der Waals surface area contributed by atoms with Gasteiger partial charge < -0.3 is 15.4 Å². The quantitative estimate of drug-likeness (QED) is 0.728. The highest BCUT2D eigenvalue weighted by Gasteiger charge is 2.13. The van der Waals surface area contributed by atoms with E-state index in [1.807, 2.05) is 0 Å². The number of ether oxygens (including phenoxy) is 1. The number of carbonyl (C=O) groups excluding carboxylic acids is 1. The number of benzene rings is 2. The molecule has 0 spiro atoms. The number of rotatable bonds is 5. The Hall–Kier alpha value is -3.55. The summed E-state index contributed by atoms with van der Waals surface area (Å²) in [5.41, 5.74) is 0.181. The van der Waals surface area contributed by atoms with Crippen LogP contribution in [0.2, 0.25) is 0 Å². The molecule has 0 saturated carbocycles. The minimum absolute atomic E-state index is 0.0375. The molecule has 0 bridgehead atoms. The molecule has 3 rings (SSSR count). The van der Waals surface area contributed by atoms with Gasteiger partial charge in [0.25, 0.3) is 5.91 Å². The van der Waals surface area contributed by atoms with Gasteiger partial charge in [-0.05, 0) is 36.4 Å². The van der Waals surface area contributed by atoms with Crippen molar-refractivity contribution in [2.45, 2.75) is 0 Å². The Morgan fingerprint density at radius 2 is 1.69 bits per heavy atom. The Kier molecular flexibility index (Phi) is 5.02. The summed E-state index contributed by atoms with van der Waals surface area (Å²) in [6.07, 6.45) is 0. The minimum Gasteiger partial charge on any atom is -0.495 e. The van der Waals surface area contributed by atoms with Crippen LogP contribution in [0.3, 0.4) is 0 Å². The first kappa shape index (κ1) is 17.3. The summed E-state index contributed by atoms with van der Waals surface area (Å²) in [6.45, 7) is 0. The third kappa shape index (κ3) is 3.75. The van der Waals surface area contributed by atoms with E-state index in [9.17, 15) is 13.6 Å². The molecular weight excluding hydrogens is 342 g/mol. The van der Waals surface area contributed by atoms with Crippen LogP contribution in [0.4, 0.5) is 26.0 Å². The molecule has 2 aromatic carbocycles. The highest BCUT2D eigenvalue weighted by atomic mass is 19.1. The first-order chi connectivity index (χ1) is 12.6. The number of hydrogen-bond donors (Lipinski definition) is 2. The standard InChI is InChI=1S/C18H14F2N4O2/c1-26-15-8-3-2-7-13(15)21-18(25)14-9-10-16(24-23-14)22-17-11(19)5-4-6-12(17)20/h2-10H,1H3,(H,21,25)(H,22,24). The molecule has 0 radical (unpaired) electrons. The molecule has 0 aliphatic heterocycles. The van der Waals surface area contributed by atoms with Gasteiger partial charge in [-0.1, -0.05) is 18.2 Å². The molecular formula is C18H14F2N4O2. The van der Waals surface area contributed by atoms with Crippen molar-refractivity contribution in [3.8, 4) is 5.75 Å². The van der Waals surface area contributed by atoms with Crippen LogP contribution in [-0.2, 0) is 0 Å². The number of para-hydroxylation sites is 3. The van der Waals surface area contributed by atoms with Gasteiger partial charge in [0.05, 0.1) is 12.8 Å². The van der Waals surface area contributed by atoms with Crippen LogP contribution in [0.1, 0.15) is 10.5 Å². The summed E-state index contributed by atoms with van der Waals surface area (Å²) < 4.78 is 32.4. The molecule has 8 heteroatoms. The molecule has 1 amide bonds. The van der Waals surface area contributed by atoms with Crippen LogP contribution in [0.25, 0.3) is 0 Å². The monoisotopic (exact) mass is 356 g/mol. The predicted octanol–water partition coefficient (Wildman–Crippen LogP) is 3.76. The molecule has 26 heavy (non-hydrogen) atoms. The van der Waals surface area contributed by atoms with Gasteiger partial charge in [0.1, 0.15) is 23.1 Å². The number of halogens is 2.